The molecule has 1 amide bonds. The van der Waals surface area contributed by atoms with Gasteiger partial charge in [-0.2, -0.15) is 0 Å². The molecule has 1 aliphatic rings. The van der Waals surface area contributed by atoms with Gasteiger partial charge in [0.05, 0.1) is 10.6 Å². The predicted octanol–water partition coefficient (Wildman–Crippen LogP) is 0.646. The van der Waals surface area contributed by atoms with Crippen LogP contribution >= 0.6 is 0 Å². The summed E-state index contributed by atoms with van der Waals surface area (Å²) in [6, 6.07) is 3.52. The monoisotopic (exact) mass is 252 g/mol. The summed E-state index contributed by atoms with van der Waals surface area (Å²) in [6.07, 6.45) is 0.179. The number of aliphatic hydroxyl groups excluding tert-OH is 1. The largest absolute Gasteiger partial charge is 0.506 e. The third-order valence-corrected chi connectivity index (χ3v) is 2.92. The van der Waals surface area contributed by atoms with Crippen LogP contribution in [0.15, 0.2) is 18.2 Å². The summed E-state index contributed by atoms with van der Waals surface area (Å²) in [5.74, 6) is -0.645. The van der Waals surface area contributed by atoms with E-state index in [0.717, 1.165) is 6.07 Å². The summed E-state index contributed by atoms with van der Waals surface area (Å²) < 4.78 is 0. The van der Waals surface area contributed by atoms with Crippen molar-refractivity contribution in [2.45, 2.75) is 6.42 Å². The molecule has 0 aromatic heterocycles. The molecule has 1 aromatic carbocycles. The molecule has 0 bridgehead atoms. The van der Waals surface area contributed by atoms with Crippen LogP contribution in [0.2, 0.25) is 0 Å². The van der Waals surface area contributed by atoms with E-state index in [2.05, 4.69) is 0 Å². The van der Waals surface area contributed by atoms with Gasteiger partial charge in [-0.1, -0.05) is 0 Å². The molecular weight excluding hydrogens is 240 g/mol. The van der Waals surface area contributed by atoms with Crippen molar-refractivity contribution in [2.24, 2.45) is 5.92 Å². The number of non-ortho nitro benzene ring substituents is 1. The van der Waals surface area contributed by atoms with Gasteiger partial charge in [0.25, 0.3) is 5.69 Å². The molecule has 2 rings (SSSR count). The highest BCUT2D eigenvalue weighted by atomic mass is 16.6. The van der Waals surface area contributed by atoms with E-state index >= 15 is 0 Å². The molecule has 2 N–H and O–H groups in total. The van der Waals surface area contributed by atoms with Crippen molar-refractivity contribution in [2.75, 3.05) is 18.1 Å². The Labute approximate surface area is 102 Å². The van der Waals surface area contributed by atoms with Gasteiger partial charge < -0.3 is 15.1 Å². The number of benzene rings is 1. The standard InChI is InChI=1S/C11H12N2O5/c14-6-7-3-11(16)12(5-7)9-4-8(13(17)18)1-2-10(9)15/h1-2,4,7,14-15H,3,5-6H2. The van der Waals surface area contributed by atoms with Gasteiger partial charge in [0, 0.05) is 37.6 Å². The van der Waals surface area contributed by atoms with Crippen molar-refractivity contribution in [3.05, 3.63) is 28.3 Å². The van der Waals surface area contributed by atoms with Crippen LogP contribution in [-0.4, -0.2) is 34.2 Å². The Bertz CT molecular complexity index is 502. The average molecular weight is 252 g/mol. The first-order valence-electron chi connectivity index (χ1n) is 5.41. The van der Waals surface area contributed by atoms with Crippen LogP contribution in [0.5, 0.6) is 5.75 Å². The topological polar surface area (TPSA) is 104 Å². The smallest absolute Gasteiger partial charge is 0.271 e. The zero-order valence-electron chi connectivity index (χ0n) is 9.44. The van der Waals surface area contributed by atoms with Gasteiger partial charge in [0.1, 0.15) is 5.75 Å². The van der Waals surface area contributed by atoms with Gasteiger partial charge in [-0.25, -0.2) is 0 Å². The number of carbonyl (C=O) groups is 1. The van der Waals surface area contributed by atoms with Crippen LogP contribution in [0.25, 0.3) is 0 Å². The number of nitro benzene ring substituents is 1. The number of carbonyl (C=O) groups excluding carboxylic acids is 1. The summed E-state index contributed by atoms with van der Waals surface area (Å²) in [6.45, 7) is 0.127. The molecule has 1 heterocycles. The van der Waals surface area contributed by atoms with Gasteiger partial charge in [0.15, 0.2) is 0 Å². The molecule has 1 atom stereocenters. The number of anilines is 1. The Kier molecular flexibility index (Phi) is 3.15. The second-order valence-electron chi connectivity index (χ2n) is 4.19. The second-order valence-corrected chi connectivity index (χ2v) is 4.19. The highest BCUT2D eigenvalue weighted by Gasteiger charge is 2.32. The molecule has 1 saturated heterocycles. The zero-order chi connectivity index (χ0) is 13.3. The lowest BCUT2D eigenvalue weighted by atomic mass is 10.1. The number of phenolic OH excluding ortho intramolecular Hbond substituents is 1. The lowest BCUT2D eigenvalue weighted by Gasteiger charge is -2.17. The Morgan fingerprint density at radius 1 is 1.50 bits per heavy atom. The first kappa shape index (κ1) is 12.3. The zero-order valence-corrected chi connectivity index (χ0v) is 9.44. The van der Waals surface area contributed by atoms with Crippen LogP contribution in [0.1, 0.15) is 6.42 Å². The number of nitrogens with zero attached hydrogens (tertiary/aromatic N) is 2. The van der Waals surface area contributed by atoms with Crippen molar-refractivity contribution in [3.8, 4) is 5.75 Å². The fourth-order valence-electron chi connectivity index (χ4n) is 1.98. The van der Waals surface area contributed by atoms with E-state index in [9.17, 15) is 20.0 Å². The van der Waals surface area contributed by atoms with E-state index in [1.165, 1.54) is 17.0 Å². The summed E-state index contributed by atoms with van der Waals surface area (Å²) in [5.41, 5.74) is -0.0757. The van der Waals surface area contributed by atoms with Gasteiger partial charge in [0.2, 0.25) is 5.91 Å². The number of hydrogen-bond acceptors (Lipinski definition) is 5. The molecule has 7 heteroatoms. The predicted molar refractivity (Wildman–Crippen MR) is 62.3 cm³/mol. The number of hydrogen-bond donors (Lipinski definition) is 2. The van der Waals surface area contributed by atoms with Crippen molar-refractivity contribution in [3.63, 3.8) is 0 Å². The van der Waals surface area contributed by atoms with Gasteiger partial charge >= 0.3 is 0 Å². The quantitative estimate of drug-likeness (QED) is 0.607. The molecule has 1 unspecified atom stereocenters. The number of aromatic hydroxyl groups is 1. The van der Waals surface area contributed by atoms with Crippen molar-refractivity contribution in [1.82, 2.24) is 0 Å². The van der Waals surface area contributed by atoms with Gasteiger partial charge in [-0.15, -0.1) is 0 Å². The lowest BCUT2D eigenvalue weighted by Crippen LogP contribution is -2.25. The molecule has 7 nitrogen and oxygen atoms in total. The first-order valence-corrected chi connectivity index (χ1v) is 5.41. The fourth-order valence-corrected chi connectivity index (χ4v) is 1.98. The Balaban J connectivity index is 2.35. The third-order valence-electron chi connectivity index (χ3n) is 2.92. The van der Waals surface area contributed by atoms with E-state index in [4.69, 9.17) is 5.11 Å². The van der Waals surface area contributed by atoms with Crippen LogP contribution < -0.4 is 4.90 Å². The third kappa shape index (κ3) is 2.12. The van der Waals surface area contributed by atoms with E-state index < -0.39 is 4.92 Å². The molecule has 1 aliphatic heterocycles. The Morgan fingerprint density at radius 3 is 2.78 bits per heavy atom. The summed E-state index contributed by atoms with van der Waals surface area (Å²) in [7, 11) is 0. The van der Waals surface area contributed by atoms with E-state index in [0.29, 0.717) is 0 Å². The minimum absolute atomic E-state index is 0.116. The van der Waals surface area contributed by atoms with Crippen LogP contribution in [0, 0.1) is 16.0 Å². The van der Waals surface area contributed by atoms with E-state index in [1.807, 2.05) is 0 Å². The molecule has 0 aliphatic carbocycles. The Morgan fingerprint density at radius 2 is 2.22 bits per heavy atom. The molecule has 18 heavy (non-hydrogen) atoms. The number of aliphatic hydroxyl groups is 1. The van der Waals surface area contributed by atoms with Crippen LogP contribution in [0.4, 0.5) is 11.4 Å². The molecule has 1 fully saturated rings. The van der Waals surface area contributed by atoms with Crippen LogP contribution in [0.3, 0.4) is 0 Å². The van der Waals surface area contributed by atoms with Crippen molar-refractivity contribution >= 4 is 17.3 Å². The Hall–Kier alpha value is -2.15. The highest BCUT2D eigenvalue weighted by molar-refractivity contribution is 5.97. The summed E-state index contributed by atoms with van der Waals surface area (Å²) in [4.78, 5) is 23.0. The molecule has 0 saturated carbocycles. The average Bonchev–Trinajstić information content (AvgIpc) is 2.71. The van der Waals surface area contributed by atoms with Crippen molar-refractivity contribution < 1.29 is 19.9 Å². The number of phenols is 1. The second kappa shape index (κ2) is 4.61. The normalized spacial score (nSPS) is 19.3. The molecule has 96 valence electrons. The maximum Gasteiger partial charge on any atom is 0.271 e. The minimum Gasteiger partial charge on any atom is -0.506 e. The SMILES string of the molecule is O=C1CC(CO)CN1c1cc([N+](=O)[O-])ccc1O. The van der Waals surface area contributed by atoms with E-state index in [1.54, 1.807) is 0 Å². The molecular formula is C11H12N2O5. The minimum atomic E-state index is -0.590. The van der Waals surface area contributed by atoms with Gasteiger partial charge in [-0.3, -0.25) is 14.9 Å². The number of amides is 1. The fraction of sp³-hybridized carbons (Fsp3) is 0.364. The molecule has 0 spiro atoms. The summed E-state index contributed by atoms with van der Waals surface area (Å²) in [5, 5.41) is 29.3. The maximum atomic E-state index is 11.7. The highest BCUT2D eigenvalue weighted by Crippen LogP contribution is 2.34. The summed E-state index contributed by atoms with van der Waals surface area (Å²) >= 11 is 0. The number of rotatable bonds is 3. The molecule has 0 radical (unpaired) electrons. The van der Waals surface area contributed by atoms with E-state index in [-0.39, 0.29) is 48.5 Å². The lowest BCUT2D eigenvalue weighted by molar-refractivity contribution is -0.384. The first-order chi connectivity index (χ1) is 8.52. The van der Waals surface area contributed by atoms with Crippen molar-refractivity contribution in [1.29, 1.82) is 0 Å². The maximum absolute atomic E-state index is 11.7. The number of nitro groups is 1. The van der Waals surface area contributed by atoms with Crippen LogP contribution in [-0.2, 0) is 4.79 Å². The molecule has 1 aromatic rings. The van der Waals surface area contributed by atoms with Gasteiger partial charge in [-0.05, 0) is 6.07 Å².